The Morgan fingerprint density at radius 3 is 2.51 bits per heavy atom. The van der Waals surface area contributed by atoms with Gasteiger partial charge in [0.05, 0.1) is 23.8 Å². The predicted molar refractivity (Wildman–Crippen MR) is 200 cm³/mol. The number of nitrogens with two attached hydrogens (primary N) is 1. The molecule has 3 N–H and O–H groups in total. The number of anilines is 2. The molecule has 266 valence electrons. The third kappa shape index (κ3) is 7.01. The number of nitrogens with zero attached hydrogens (tertiary/aromatic N) is 7. The first-order valence-electron chi connectivity index (χ1n) is 17.8. The quantitative estimate of drug-likeness (QED) is 0.172. The van der Waals surface area contributed by atoms with Crippen LogP contribution in [-0.4, -0.2) is 92.4 Å². The zero-order valence-electron chi connectivity index (χ0n) is 29.5. The number of carbonyl (C=O) groups excluding carboxylic acids is 2. The predicted octanol–water partition coefficient (Wildman–Crippen LogP) is 5.14. The van der Waals surface area contributed by atoms with Crippen molar-refractivity contribution in [2.45, 2.75) is 52.7 Å². The highest BCUT2D eigenvalue weighted by Crippen LogP contribution is 2.43. The molecule has 3 aliphatic rings. The average Bonchev–Trinajstić information content (AvgIpc) is 3.88. The second-order valence-corrected chi connectivity index (χ2v) is 14.0. The number of carbonyl (C=O) groups is 2. The van der Waals surface area contributed by atoms with E-state index < -0.39 is 5.41 Å². The fraction of sp³-hybridized carbons (Fsp3) is 0.385. The van der Waals surface area contributed by atoms with Gasteiger partial charge in [0.1, 0.15) is 6.33 Å². The summed E-state index contributed by atoms with van der Waals surface area (Å²) in [5.74, 6) is 1.39. The molecule has 51 heavy (non-hydrogen) atoms. The maximum absolute atomic E-state index is 14.0. The Kier molecular flexibility index (Phi) is 9.43. The van der Waals surface area contributed by atoms with Crippen LogP contribution >= 0.6 is 0 Å². The number of hydrogen-bond acceptors (Lipinski definition) is 9. The van der Waals surface area contributed by atoms with E-state index >= 15 is 0 Å². The Hall–Kier alpha value is -5.36. The van der Waals surface area contributed by atoms with E-state index in [1.807, 2.05) is 47.4 Å². The number of hydrogen-bond donors (Lipinski definition) is 2. The van der Waals surface area contributed by atoms with Gasteiger partial charge in [-0.1, -0.05) is 30.3 Å². The molecule has 2 aromatic carbocycles. The molecular weight excluding hydrogens is 642 g/mol. The van der Waals surface area contributed by atoms with Crippen molar-refractivity contribution in [2.24, 2.45) is 5.41 Å². The smallest absolute Gasteiger partial charge is 0.237 e. The highest BCUT2D eigenvalue weighted by atomic mass is 16.5. The zero-order valence-corrected chi connectivity index (χ0v) is 29.5. The first-order chi connectivity index (χ1) is 24.6. The Balaban J connectivity index is 0.00000464. The number of nitrogens with one attached hydrogen (secondary N) is 1. The molecule has 1 spiro atoms. The minimum atomic E-state index is -0.517. The lowest BCUT2D eigenvalue weighted by Gasteiger charge is -2.29. The number of pyridine rings is 1. The van der Waals surface area contributed by atoms with E-state index in [2.05, 4.69) is 50.3 Å². The molecular formula is C39H47N9O3. The molecule has 2 aromatic heterocycles. The van der Waals surface area contributed by atoms with Crippen LogP contribution in [0.3, 0.4) is 0 Å². The summed E-state index contributed by atoms with van der Waals surface area (Å²) in [4.78, 5) is 42.0. The Labute approximate surface area is 299 Å². The van der Waals surface area contributed by atoms with E-state index in [-0.39, 0.29) is 25.1 Å². The van der Waals surface area contributed by atoms with E-state index in [1.165, 1.54) is 5.57 Å². The van der Waals surface area contributed by atoms with Gasteiger partial charge in [0.2, 0.25) is 17.7 Å². The summed E-state index contributed by atoms with van der Waals surface area (Å²) >= 11 is 0. The number of rotatable bonds is 10. The van der Waals surface area contributed by atoms with Gasteiger partial charge in [-0.3, -0.25) is 24.6 Å². The zero-order chi connectivity index (χ0) is 35.7. The number of likely N-dealkylation sites (tertiary alicyclic amines) is 1. The average molecular weight is 690 g/mol. The van der Waals surface area contributed by atoms with Crippen molar-refractivity contribution in [3.63, 3.8) is 0 Å². The van der Waals surface area contributed by atoms with Gasteiger partial charge in [-0.05, 0) is 82.0 Å². The summed E-state index contributed by atoms with van der Waals surface area (Å²) in [6, 6.07) is 17.3. The lowest BCUT2D eigenvalue weighted by atomic mass is 9.85. The number of benzene rings is 2. The molecule has 2 fully saturated rings. The van der Waals surface area contributed by atoms with Gasteiger partial charge >= 0.3 is 0 Å². The summed E-state index contributed by atoms with van der Waals surface area (Å²) < 4.78 is 7.45. The number of aryl methyl sites for hydroxylation is 1. The van der Waals surface area contributed by atoms with Gasteiger partial charge in [0.25, 0.3) is 0 Å². The normalized spacial score (nSPS) is 19.3. The van der Waals surface area contributed by atoms with Crippen LogP contribution in [0.25, 0.3) is 17.0 Å². The van der Waals surface area contributed by atoms with Crippen LogP contribution in [0.15, 0.2) is 73.2 Å². The van der Waals surface area contributed by atoms with Crippen LogP contribution in [0, 0.1) is 10.8 Å². The SMILES string of the molecule is CCn1cnc(-c2ccc(C3=CCN(C(=O)CN4CC[C@]5(CCN(c6ccc(N)c(C(=N)c7ccc(OC(C)C)nc7)c6)C5=O)C4)CC3)cc2)n1.[HH]. The Morgan fingerprint density at radius 2 is 1.82 bits per heavy atom. The minimum absolute atomic E-state index is 0. The molecule has 5 heterocycles. The molecule has 0 bridgehead atoms. The second-order valence-electron chi connectivity index (χ2n) is 14.0. The van der Waals surface area contributed by atoms with Crippen LogP contribution in [0.1, 0.15) is 58.2 Å². The minimum Gasteiger partial charge on any atom is -0.475 e. The van der Waals surface area contributed by atoms with E-state index in [0.29, 0.717) is 62.0 Å². The maximum Gasteiger partial charge on any atom is 0.237 e. The number of amides is 2. The highest BCUT2D eigenvalue weighted by Gasteiger charge is 2.51. The number of nitrogen functional groups attached to an aromatic ring is 1. The monoisotopic (exact) mass is 689 g/mol. The van der Waals surface area contributed by atoms with E-state index in [0.717, 1.165) is 48.4 Å². The van der Waals surface area contributed by atoms with Crippen LogP contribution in [0.2, 0.25) is 0 Å². The molecule has 7 rings (SSSR count). The van der Waals surface area contributed by atoms with Gasteiger partial charge in [0.15, 0.2) is 5.82 Å². The summed E-state index contributed by atoms with van der Waals surface area (Å²) in [5, 5.41) is 13.4. The topological polar surface area (TPSA) is 147 Å². The number of ether oxygens (including phenoxy) is 1. The molecule has 1 atom stereocenters. The summed E-state index contributed by atoms with van der Waals surface area (Å²) in [5.41, 5.74) is 11.8. The summed E-state index contributed by atoms with van der Waals surface area (Å²) in [6.07, 6.45) is 7.74. The lowest BCUT2D eigenvalue weighted by Crippen LogP contribution is -2.43. The maximum atomic E-state index is 14.0. The molecule has 12 nitrogen and oxygen atoms in total. The molecule has 2 amide bonds. The highest BCUT2D eigenvalue weighted by molar-refractivity contribution is 6.14. The molecule has 12 heteroatoms. The van der Waals surface area contributed by atoms with E-state index in [9.17, 15) is 9.59 Å². The van der Waals surface area contributed by atoms with Crippen LogP contribution < -0.4 is 15.4 Å². The van der Waals surface area contributed by atoms with Gasteiger partial charge in [-0.2, -0.15) is 5.10 Å². The van der Waals surface area contributed by atoms with E-state index in [1.54, 1.807) is 30.7 Å². The summed E-state index contributed by atoms with van der Waals surface area (Å²) in [7, 11) is 0. The van der Waals surface area contributed by atoms with Crippen LogP contribution in [-0.2, 0) is 16.1 Å². The number of aromatic nitrogens is 4. The fourth-order valence-corrected chi connectivity index (χ4v) is 7.32. The van der Waals surface area contributed by atoms with Crippen molar-refractivity contribution in [1.29, 1.82) is 5.41 Å². The van der Waals surface area contributed by atoms with Crippen LogP contribution in [0.5, 0.6) is 5.88 Å². The van der Waals surface area contributed by atoms with Gasteiger partial charge in [-0.15, -0.1) is 0 Å². The molecule has 4 aromatic rings. The van der Waals surface area contributed by atoms with Crippen molar-refractivity contribution in [3.8, 4) is 17.3 Å². The molecule has 0 unspecified atom stereocenters. The summed E-state index contributed by atoms with van der Waals surface area (Å²) in [6.45, 7) is 10.1. The second kappa shape index (κ2) is 14.1. The van der Waals surface area contributed by atoms with Gasteiger partial charge in [0, 0.05) is 74.5 Å². The standard InChI is InChI=1S/C39H45N9O3.H2/c1-4-47-25-43-37(44-47)29-7-5-27(6-8-29)28-13-17-46(18-14-28)35(49)23-45-19-15-39(24-45)16-20-48(38(39)50)31-10-11-33(40)32(21-31)36(41)30-9-12-34(42-22-30)51-26(2)3;/h5-13,21-22,25-26,41H,4,14-20,23-24,40H2,1-3H3;1H/t39-;/m0./s1. The van der Waals surface area contributed by atoms with Crippen molar-refractivity contribution in [3.05, 3.63) is 89.9 Å². The van der Waals surface area contributed by atoms with Crippen molar-refractivity contribution >= 4 is 34.5 Å². The van der Waals surface area contributed by atoms with E-state index in [4.69, 9.17) is 15.9 Å². The largest absolute Gasteiger partial charge is 0.475 e. The molecule has 0 radical (unpaired) electrons. The Morgan fingerprint density at radius 1 is 1.04 bits per heavy atom. The molecule has 3 aliphatic heterocycles. The van der Waals surface area contributed by atoms with Crippen molar-refractivity contribution in [2.75, 3.05) is 49.9 Å². The van der Waals surface area contributed by atoms with Gasteiger partial charge < -0.3 is 20.3 Å². The van der Waals surface area contributed by atoms with Gasteiger partial charge in [-0.25, -0.2) is 9.97 Å². The first kappa shape index (κ1) is 34.1. The van der Waals surface area contributed by atoms with Crippen LogP contribution in [0.4, 0.5) is 11.4 Å². The van der Waals surface area contributed by atoms with Crippen molar-refractivity contribution in [1.82, 2.24) is 29.5 Å². The van der Waals surface area contributed by atoms with Crippen molar-refractivity contribution < 1.29 is 15.8 Å². The lowest BCUT2D eigenvalue weighted by molar-refractivity contribution is -0.132. The molecule has 0 saturated carbocycles. The molecule has 0 aliphatic carbocycles. The third-order valence-corrected chi connectivity index (χ3v) is 10.2. The fourth-order valence-electron chi connectivity index (χ4n) is 7.32. The third-order valence-electron chi connectivity index (χ3n) is 10.2. The molecule has 2 saturated heterocycles. The first-order valence-corrected chi connectivity index (χ1v) is 17.8. The Bertz CT molecular complexity index is 1980.